The second-order valence-corrected chi connectivity index (χ2v) is 6.81. The largest absolute Gasteiger partial charge is 0.493 e. The molecule has 1 N–H and O–H groups in total. The number of benzene rings is 2. The summed E-state index contributed by atoms with van der Waals surface area (Å²) in [5.74, 6) is 0.560. The van der Waals surface area contributed by atoms with Crippen LogP contribution < -0.4 is 19.5 Å². The molecule has 0 bridgehead atoms. The van der Waals surface area contributed by atoms with E-state index >= 15 is 0 Å². The summed E-state index contributed by atoms with van der Waals surface area (Å²) in [6.07, 6.45) is 1.09. The van der Waals surface area contributed by atoms with Gasteiger partial charge in [-0.3, -0.25) is 4.79 Å². The number of ether oxygens (including phenoxy) is 3. The summed E-state index contributed by atoms with van der Waals surface area (Å²) in [5.41, 5.74) is 1.74. The Hall–Kier alpha value is -2.54. The standard InChI is InChI=1S/C20H20ClF2NO4/c1-26-18-8-12(2-4-17(18)28-20(22)23)6-7-24-19(25)14-9-13-10-15(21)3-5-16(13)27-11-14/h2-5,8,10,14,20H,6-7,9,11H2,1H3,(H,24,25)/t14-/m0/s1. The van der Waals surface area contributed by atoms with Crippen LogP contribution in [-0.4, -0.2) is 32.8 Å². The predicted octanol–water partition coefficient (Wildman–Crippen LogP) is 3.86. The van der Waals surface area contributed by atoms with Gasteiger partial charge in [0.2, 0.25) is 5.91 Å². The summed E-state index contributed by atoms with van der Waals surface area (Å²) >= 11 is 6.00. The van der Waals surface area contributed by atoms with E-state index in [0.29, 0.717) is 31.0 Å². The van der Waals surface area contributed by atoms with E-state index in [2.05, 4.69) is 10.1 Å². The minimum Gasteiger partial charge on any atom is -0.493 e. The van der Waals surface area contributed by atoms with Gasteiger partial charge in [-0.05, 0) is 54.3 Å². The van der Waals surface area contributed by atoms with Gasteiger partial charge in [0.05, 0.1) is 13.0 Å². The minimum absolute atomic E-state index is 0.0260. The van der Waals surface area contributed by atoms with Crippen LogP contribution >= 0.6 is 11.6 Å². The van der Waals surface area contributed by atoms with E-state index in [0.717, 1.165) is 16.9 Å². The molecule has 0 aromatic heterocycles. The topological polar surface area (TPSA) is 56.8 Å². The predicted molar refractivity (Wildman–Crippen MR) is 100 cm³/mol. The lowest BCUT2D eigenvalue weighted by atomic mass is 9.96. The molecule has 0 spiro atoms. The van der Waals surface area contributed by atoms with Gasteiger partial charge in [0.25, 0.3) is 0 Å². The number of carbonyl (C=O) groups is 1. The van der Waals surface area contributed by atoms with Crippen molar-refractivity contribution >= 4 is 17.5 Å². The Balaban J connectivity index is 1.53. The summed E-state index contributed by atoms with van der Waals surface area (Å²) in [4.78, 5) is 12.4. The molecule has 0 saturated heterocycles. The number of alkyl halides is 2. The van der Waals surface area contributed by atoms with Crippen LogP contribution in [0.5, 0.6) is 17.2 Å². The van der Waals surface area contributed by atoms with Crippen LogP contribution in [0.3, 0.4) is 0 Å². The Morgan fingerprint density at radius 1 is 1.29 bits per heavy atom. The van der Waals surface area contributed by atoms with Crippen molar-refractivity contribution in [2.75, 3.05) is 20.3 Å². The minimum atomic E-state index is -2.92. The molecule has 3 rings (SSSR count). The Kier molecular flexibility index (Phi) is 6.57. The van der Waals surface area contributed by atoms with E-state index in [1.807, 2.05) is 6.07 Å². The highest BCUT2D eigenvalue weighted by molar-refractivity contribution is 6.30. The number of hydrogen-bond donors (Lipinski definition) is 1. The van der Waals surface area contributed by atoms with Crippen molar-refractivity contribution in [3.05, 3.63) is 52.5 Å². The molecular formula is C20H20ClF2NO4. The van der Waals surface area contributed by atoms with Gasteiger partial charge in [0, 0.05) is 11.6 Å². The van der Waals surface area contributed by atoms with Crippen LogP contribution in [0.4, 0.5) is 8.78 Å². The van der Waals surface area contributed by atoms with E-state index in [9.17, 15) is 13.6 Å². The van der Waals surface area contributed by atoms with Crippen molar-refractivity contribution in [1.29, 1.82) is 0 Å². The smallest absolute Gasteiger partial charge is 0.387 e. The Morgan fingerprint density at radius 3 is 2.86 bits per heavy atom. The number of rotatable bonds is 7. The van der Waals surface area contributed by atoms with E-state index in [4.69, 9.17) is 21.1 Å². The maximum Gasteiger partial charge on any atom is 0.387 e. The van der Waals surface area contributed by atoms with Crippen LogP contribution in [0.1, 0.15) is 11.1 Å². The Morgan fingerprint density at radius 2 is 2.11 bits per heavy atom. The fraction of sp³-hybridized carbons (Fsp3) is 0.350. The van der Waals surface area contributed by atoms with Crippen molar-refractivity contribution in [3.8, 4) is 17.2 Å². The third-order valence-corrected chi connectivity index (χ3v) is 4.69. The molecule has 0 unspecified atom stereocenters. The molecule has 1 aliphatic heterocycles. The first-order valence-electron chi connectivity index (χ1n) is 8.77. The molecule has 8 heteroatoms. The van der Waals surface area contributed by atoms with Gasteiger partial charge in [0.15, 0.2) is 11.5 Å². The monoisotopic (exact) mass is 411 g/mol. The normalized spacial score (nSPS) is 15.5. The zero-order valence-corrected chi connectivity index (χ0v) is 16.0. The third-order valence-electron chi connectivity index (χ3n) is 4.46. The van der Waals surface area contributed by atoms with Crippen LogP contribution in [0.2, 0.25) is 5.02 Å². The number of halogens is 3. The SMILES string of the molecule is COc1cc(CCNC(=O)[C@@H]2COc3ccc(Cl)cc3C2)ccc1OC(F)F. The van der Waals surface area contributed by atoms with E-state index in [1.54, 1.807) is 24.3 Å². The molecular weight excluding hydrogens is 392 g/mol. The second kappa shape index (κ2) is 9.10. The zero-order chi connectivity index (χ0) is 20.1. The molecule has 2 aromatic rings. The molecule has 1 aliphatic rings. The van der Waals surface area contributed by atoms with Crippen LogP contribution in [0, 0.1) is 5.92 Å². The molecule has 150 valence electrons. The average Bonchev–Trinajstić information content (AvgIpc) is 2.67. The maximum absolute atomic E-state index is 12.4. The highest BCUT2D eigenvalue weighted by Crippen LogP contribution is 2.31. The lowest BCUT2D eigenvalue weighted by Crippen LogP contribution is -2.38. The van der Waals surface area contributed by atoms with E-state index < -0.39 is 6.61 Å². The van der Waals surface area contributed by atoms with Gasteiger partial charge in [-0.25, -0.2) is 0 Å². The summed E-state index contributed by atoms with van der Waals surface area (Å²) in [6.45, 7) is -2.21. The zero-order valence-electron chi connectivity index (χ0n) is 15.2. The number of nitrogens with one attached hydrogen (secondary N) is 1. The average molecular weight is 412 g/mol. The first-order valence-corrected chi connectivity index (χ1v) is 9.14. The molecule has 0 saturated carbocycles. The number of methoxy groups -OCH3 is 1. The number of hydrogen-bond acceptors (Lipinski definition) is 4. The number of carbonyl (C=O) groups excluding carboxylic acids is 1. The summed E-state index contributed by atoms with van der Waals surface area (Å²) in [5, 5.41) is 3.49. The molecule has 1 heterocycles. The first-order chi connectivity index (χ1) is 13.5. The number of amides is 1. The van der Waals surface area contributed by atoms with Gasteiger partial charge in [-0.2, -0.15) is 8.78 Å². The summed E-state index contributed by atoms with van der Waals surface area (Å²) in [7, 11) is 1.38. The Labute approximate surface area is 166 Å². The fourth-order valence-electron chi connectivity index (χ4n) is 3.07. The quantitative estimate of drug-likeness (QED) is 0.751. The molecule has 5 nitrogen and oxygen atoms in total. The molecule has 2 aromatic carbocycles. The summed E-state index contributed by atoms with van der Waals surface area (Å²) < 4.78 is 39.9. The van der Waals surface area contributed by atoms with Crippen LogP contribution in [-0.2, 0) is 17.6 Å². The second-order valence-electron chi connectivity index (χ2n) is 6.37. The lowest BCUT2D eigenvalue weighted by Gasteiger charge is -2.24. The van der Waals surface area contributed by atoms with E-state index in [1.165, 1.54) is 13.2 Å². The van der Waals surface area contributed by atoms with Crippen molar-refractivity contribution in [3.63, 3.8) is 0 Å². The van der Waals surface area contributed by atoms with Crippen LogP contribution in [0.25, 0.3) is 0 Å². The van der Waals surface area contributed by atoms with Gasteiger partial charge < -0.3 is 19.5 Å². The van der Waals surface area contributed by atoms with Gasteiger partial charge in [-0.1, -0.05) is 17.7 Å². The summed E-state index contributed by atoms with van der Waals surface area (Å²) in [6, 6.07) is 10.1. The molecule has 1 atom stereocenters. The van der Waals surface area contributed by atoms with Gasteiger partial charge in [0.1, 0.15) is 12.4 Å². The first kappa shape index (κ1) is 20.2. The fourth-order valence-corrected chi connectivity index (χ4v) is 3.26. The van der Waals surface area contributed by atoms with Crippen LogP contribution in [0.15, 0.2) is 36.4 Å². The highest BCUT2D eigenvalue weighted by Gasteiger charge is 2.26. The molecule has 0 fully saturated rings. The van der Waals surface area contributed by atoms with Crippen molar-refractivity contribution in [2.24, 2.45) is 5.92 Å². The van der Waals surface area contributed by atoms with Gasteiger partial charge >= 0.3 is 6.61 Å². The maximum atomic E-state index is 12.4. The van der Waals surface area contributed by atoms with Gasteiger partial charge in [-0.15, -0.1) is 0 Å². The van der Waals surface area contributed by atoms with Crippen molar-refractivity contribution < 1.29 is 27.8 Å². The molecule has 1 amide bonds. The Bertz CT molecular complexity index is 847. The molecule has 0 radical (unpaired) electrons. The highest BCUT2D eigenvalue weighted by atomic mass is 35.5. The lowest BCUT2D eigenvalue weighted by molar-refractivity contribution is -0.126. The molecule has 28 heavy (non-hydrogen) atoms. The van der Waals surface area contributed by atoms with E-state index in [-0.39, 0.29) is 23.3 Å². The number of fused-ring (bicyclic) bond motifs is 1. The third kappa shape index (κ3) is 5.04. The van der Waals surface area contributed by atoms with Crippen molar-refractivity contribution in [1.82, 2.24) is 5.32 Å². The van der Waals surface area contributed by atoms with Crippen molar-refractivity contribution in [2.45, 2.75) is 19.5 Å². The molecule has 0 aliphatic carbocycles.